The molecular weight excluding hydrogens is 727 g/mol. The number of phenolic OH excluding ortho intramolecular Hbond substituents is 1. The first-order valence-corrected chi connectivity index (χ1v) is 21.3. The summed E-state index contributed by atoms with van der Waals surface area (Å²) < 4.78 is 0. The van der Waals surface area contributed by atoms with Crippen molar-refractivity contribution in [3.05, 3.63) is 129 Å². The van der Waals surface area contributed by atoms with Crippen LogP contribution >= 0.6 is 0 Å². The van der Waals surface area contributed by atoms with Gasteiger partial charge in [-0.3, -0.25) is 34.3 Å². The first kappa shape index (κ1) is 37.0. The molecule has 3 atom stereocenters. The Balaban J connectivity index is 0.718. The minimum atomic E-state index is -0.941. The molecule has 5 heterocycles. The van der Waals surface area contributed by atoms with Gasteiger partial charge in [0.25, 0.3) is 11.8 Å². The number of nitrogens with one attached hydrogen (secondary N) is 1. The van der Waals surface area contributed by atoms with Crippen LogP contribution in [0.25, 0.3) is 0 Å². The van der Waals surface area contributed by atoms with Gasteiger partial charge in [0, 0.05) is 57.3 Å². The van der Waals surface area contributed by atoms with Crippen LogP contribution in [-0.2, 0) is 29.1 Å². The molecule has 0 saturated carbocycles. The van der Waals surface area contributed by atoms with Gasteiger partial charge in [-0.25, -0.2) is 0 Å². The largest absolute Gasteiger partial charge is 0.508 e. The molecule has 3 saturated heterocycles. The molecule has 10 heteroatoms. The van der Waals surface area contributed by atoms with Crippen LogP contribution in [0, 0.1) is 5.41 Å². The van der Waals surface area contributed by atoms with Gasteiger partial charge in [0.1, 0.15) is 11.8 Å². The van der Waals surface area contributed by atoms with Crippen LogP contribution in [0.3, 0.4) is 0 Å². The molecular formula is C48H51N5O5. The van der Waals surface area contributed by atoms with Crippen LogP contribution in [0.1, 0.15) is 111 Å². The number of hydrogen-bond donors (Lipinski definition) is 2. The molecule has 3 fully saturated rings. The van der Waals surface area contributed by atoms with E-state index >= 15 is 0 Å². The highest BCUT2D eigenvalue weighted by Gasteiger charge is 2.45. The van der Waals surface area contributed by atoms with Gasteiger partial charge in [0.05, 0.1) is 11.1 Å². The van der Waals surface area contributed by atoms with Gasteiger partial charge in [0.2, 0.25) is 11.8 Å². The summed E-state index contributed by atoms with van der Waals surface area (Å²) in [7, 11) is 0. The summed E-state index contributed by atoms with van der Waals surface area (Å²) in [4.78, 5) is 59.4. The zero-order valence-corrected chi connectivity index (χ0v) is 33.0. The Labute approximate surface area is 339 Å². The smallest absolute Gasteiger partial charge is 0.262 e. The summed E-state index contributed by atoms with van der Waals surface area (Å²) in [6.45, 7) is 7.82. The minimum Gasteiger partial charge on any atom is -0.508 e. The molecule has 0 bridgehead atoms. The quantitative estimate of drug-likeness (QED) is 0.209. The Hall–Kier alpha value is -5.32. The monoisotopic (exact) mass is 777 g/mol. The van der Waals surface area contributed by atoms with E-state index in [-0.39, 0.29) is 24.7 Å². The molecule has 4 amide bonds. The number of hydrogen-bond acceptors (Lipinski definition) is 8. The van der Waals surface area contributed by atoms with Crippen LogP contribution in [0.5, 0.6) is 5.75 Å². The van der Waals surface area contributed by atoms with Gasteiger partial charge < -0.3 is 14.9 Å². The molecule has 1 spiro atoms. The Morgan fingerprint density at radius 3 is 1.98 bits per heavy atom. The number of aromatic hydroxyl groups is 1. The molecule has 5 aliphatic heterocycles. The van der Waals surface area contributed by atoms with Crippen molar-refractivity contribution in [3.8, 4) is 5.75 Å². The SMILES string of the molecule is O=C1CC[C@@H](N2C(=O)c3cc4c(cc3C2=O)CN(CCN2CCC3(CC2)CCN(c2ccc([C@@H]5c6ccc(O)cc6CC[C@@H]5c5ccccc5)cc2)CC3)C4)C(=O)N1. The van der Waals surface area contributed by atoms with Gasteiger partial charge in [-0.05, 0) is 139 Å². The third-order valence-electron chi connectivity index (χ3n) is 14.5. The molecule has 6 aliphatic rings. The second kappa shape index (κ2) is 14.8. The highest BCUT2D eigenvalue weighted by molar-refractivity contribution is 6.23. The highest BCUT2D eigenvalue weighted by Crippen LogP contribution is 2.48. The van der Waals surface area contributed by atoms with Gasteiger partial charge in [-0.2, -0.15) is 0 Å². The first-order valence-electron chi connectivity index (χ1n) is 21.3. The fraction of sp³-hybridized carbons (Fsp3) is 0.417. The fourth-order valence-electron chi connectivity index (χ4n) is 11.0. The van der Waals surface area contributed by atoms with Crippen LogP contribution < -0.4 is 10.2 Å². The van der Waals surface area contributed by atoms with Crippen LogP contribution in [-0.4, -0.2) is 88.7 Å². The molecule has 0 aromatic heterocycles. The van der Waals surface area contributed by atoms with Crippen LogP contribution in [0.4, 0.5) is 5.69 Å². The first-order chi connectivity index (χ1) is 28.2. The van der Waals surface area contributed by atoms with E-state index in [0.29, 0.717) is 28.2 Å². The molecule has 2 N–H and O–H groups in total. The maximum atomic E-state index is 13.3. The van der Waals surface area contributed by atoms with Gasteiger partial charge in [-0.1, -0.05) is 48.5 Å². The Morgan fingerprint density at radius 2 is 1.31 bits per heavy atom. The van der Waals surface area contributed by atoms with Crippen molar-refractivity contribution in [2.24, 2.45) is 5.41 Å². The average Bonchev–Trinajstić information content (AvgIpc) is 3.76. The number of rotatable bonds is 7. The molecule has 10 rings (SSSR count). The highest BCUT2D eigenvalue weighted by atomic mass is 16.3. The lowest BCUT2D eigenvalue weighted by Crippen LogP contribution is -2.54. The lowest BCUT2D eigenvalue weighted by atomic mass is 9.69. The molecule has 4 aromatic rings. The number of phenols is 1. The summed E-state index contributed by atoms with van der Waals surface area (Å²) in [5.74, 6) is -0.828. The number of amides is 4. The Kier molecular flexibility index (Phi) is 9.44. The van der Waals surface area contributed by atoms with Crippen molar-refractivity contribution in [3.63, 3.8) is 0 Å². The molecule has 4 aromatic carbocycles. The van der Waals surface area contributed by atoms with Gasteiger partial charge in [-0.15, -0.1) is 0 Å². The number of anilines is 1. The average molecular weight is 778 g/mol. The van der Waals surface area contributed by atoms with Crippen molar-refractivity contribution in [1.29, 1.82) is 0 Å². The van der Waals surface area contributed by atoms with E-state index in [1.807, 2.05) is 24.3 Å². The van der Waals surface area contributed by atoms with E-state index in [1.54, 1.807) is 0 Å². The number of benzene rings is 4. The van der Waals surface area contributed by atoms with Crippen molar-refractivity contribution < 1.29 is 24.3 Å². The lowest BCUT2D eigenvalue weighted by Gasteiger charge is -2.47. The number of aryl methyl sites for hydroxylation is 1. The third-order valence-corrected chi connectivity index (χ3v) is 14.5. The topological polar surface area (TPSA) is 114 Å². The Morgan fingerprint density at radius 1 is 0.655 bits per heavy atom. The van der Waals surface area contributed by atoms with E-state index in [2.05, 4.69) is 80.7 Å². The normalized spacial score (nSPS) is 24.5. The number of likely N-dealkylation sites (tertiary alicyclic amines) is 1. The fourth-order valence-corrected chi connectivity index (χ4v) is 11.0. The number of fused-ring (bicyclic) bond motifs is 3. The van der Waals surface area contributed by atoms with Crippen molar-refractivity contribution in [2.75, 3.05) is 44.2 Å². The maximum Gasteiger partial charge on any atom is 0.262 e. The molecule has 0 unspecified atom stereocenters. The zero-order valence-electron chi connectivity index (χ0n) is 33.0. The number of nitrogens with zero attached hydrogens (tertiary/aromatic N) is 4. The number of carbonyl (C=O) groups is 4. The number of carbonyl (C=O) groups excluding carboxylic acids is 4. The van der Waals surface area contributed by atoms with E-state index in [0.717, 1.165) is 81.2 Å². The van der Waals surface area contributed by atoms with Crippen LogP contribution in [0.15, 0.2) is 84.9 Å². The summed E-state index contributed by atoms with van der Waals surface area (Å²) in [5, 5.41) is 12.5. The summed E-state index contributed by atoms with van der Waals surface area (Å²) >= 11 is 0. The number of imide groups is 2. The second-order valence-electron chi connectivity index (χ2n) is 17.7. The zero-order chi connectivity index (χ0) is 39.5. The predicted octanol–water partition coefficient (Wildman–Crippen LogP) is 6.35. The van der Waals surface area contributed by atoms with Gasteiger partial charge >= 0.3 is 0 Å². The van der Waals surface area contributed by atoms with E-state index in [4.69, 9.17) is 0 Å². The third kappa shape index (κ3) is 6.70. The molecule has 1 aliphatic carbocycles. The minimum absolute atomic E-state index is 0.115. The van der Waals surface area contributed by atoms with E-state index < -0.39 is 23.8 Å². The maximum absolute atomic E-state index is 13.3. The van der Waals surface area contributed by atoms with Crippen LogP contribution in [0.2, 0.25) is 0 Å². The lowest BCUT2D eigenvalue weighted by molar-refractivity contribution is -0.136. The van der Waals surface area contributed by atoms with Crippen molar-refractivity contribution >= 4 is 29.3 Å². The molecule has 0 radical (unpaired) electrons. The second-order valence-corrected chi connectivity index (χ2v) is 17.7. The van der Waals surface area contributed by atoms with Gasteiger partial charge in [0.15, 0.2) is 0 Å². The molecule has 298 valence electrons. The predicted molar refractivity (Wildman–Crippen MR) is 221 cm³/mol. The summed E-state index contributed by atoms with van der Waals surface area (Å²) in [6, 6.07) is 29.0. The van der Waals surface area contributed by atoms with Crippen molar-refractivity contribution in [1.82, 2.24) is 20.0 Å². The molecule has 10 nitrogen and oxygen atoms in total. The van der Waals surface area contributed by atoms with Crippen molar-refractivity contribution in [2.45, 2.75) is 82.3 Å². The molecule has 58 heavy (non-hydrogen) atoms. The summed E-state index contributed by atoms with van der Waals surface area (Å²) in [6.07, 6.45) is 7.24. The van der Waals surface area contributed by atoms with E-state index in [1.165, 1.54) is 53.6 Å². The summed E-state index contributed by atoms with van der Waals surface area (Å²) in [5.41, 5.74) is 9.92. The Bertz CT molecular complexity index is 2230. The number of piperidine rings is 3. The standard InChI is InChI=1S/C48H51N5O5/c54-37-11-13-39-33(26-37)8-12-38(31-4-2-1-3-5-31)44(39)32-6-9-36(10-7-32)52-22-18-48(19-23-52)16-20-50(21-17-48)24-25-51-29-34-27-40-41(28-35(34)30-51)47(58)53(46(40)57)42-14-15-43(55)49-45(42)56/h1-7,9-11,13,26-28,38,42,44,54H,8,12,14-25,29-30H2,(H,49,55,56)/t38-,42-,44+/m1/s1. The van der Waals surface area contributed by atoms with E-state index in [9.17, 15) is 24.3 Å².